The zero-order valence-corrected chi connectivity index (χ0v) is 12.6. The number of rotatable bonds is 6. The zero-order chi connectivity index (χ0) is 15.9. The van der Waals surface area contributed by atoms with Crippen LogP contribution < -0.4 is 5.32 Å². The van der Waals surface area contributed by atoms with E-state index >= 15 is 0 Å². The normalized spacial score (nSPS) is 16.5. The number of carbonyl (C=O) groups is 1. The zero-order valence-electron chi connectivity index (χ0n) is 12.6. The van der Waals surface area contributed by atoms with Crippen molar-refractivity contribution in [2.75, 3.05) is 5.32 Å². The fourth-order valence-electron chi connectivity index (χ4n) is 2.41. The van der Waals surface area contributed by atoms with Crippen molar-refractivity contribution in [3.05, 3.63) is 36.2 Å². The van der Waals surface area contributed by atoms with Crippen LogP contribution >= 0.6 is 0 Å². The number of aryl methyl sites for hydroxylation is 1. The summed E-state index contributed by atoms with van der Waals surface area (Å²) in [5, 5.41) is 16.6. The van der Waals surface area contributed by atoms with E-state index in [0.717, 1.165) is 5.70 Å². The number of hydrogen-bond acceptors (Lipinski definition) is 4. The molecule has 0 radical (unpaired) electrons. The molecule has 0 amide bonds. The second-order valence-corrected chi connectivity index (χ2v) is 5.04. The van der Waals surface area contributed by atoms with E-state index in [9.17, 15) is 10.1 Å². The molecule has 1 aromatic heterocycles. The first-order valence-corrected chi connectivity index (χ1v) is 7.17. The van der Waals surface area contributed by atoms with Gasteiger partial charge in [0.2, 0.25) is 0 Å². The second kappa shape index (κ2) is 7.28. The maximum absolute atomic E-state index is 11.9. The average Bonchev–Trinajstić information content (AvgIpc) is 3.04. The van der Waals surface area contributed by atoms with E-state index in [1.54, 1.807) is 23.8 Å². The van der Waals surface area contributed by atoms with Crippen molar-refractivity contribution in [3.63, 3.8) is 0 Å². The summed E-state index contributed by atoms with van der Waals surface area (Å²) in [7, 11) is 0. The van der Waals surface area contributed by atoms with E-state index in [1.165, 1.54) is 6.20 Å². The van der Waals surface area contributed by atoms with Gasteiger partial charge in [0.15, 0.2) is 5.78 Å². The van der Waals surface area contributed by atoms with Crippen molar-refractivity contribution >= 4 is 11.6 Å². The quantitative estimate of drug-likeness (QED) is 0.646. The Morgan fingerprint density at radius 3 is 3.14 bits per heavy atom. The van der Waals surface area contributed by atoms with Crippen molar-refractivity contribution in [3.8, 4) is 17.9 Å². The number of nitrogens with zero attached hydrogens (tertiary/aromatic N) is 3. The minimum Gasteiger partial charge on any atom is -0.343 e. The Balaban J connectivity index is 2.15. The van der Waals surface area contributed by atoms with Gasteiger partial charge in [0.1, 0.15) is 17.5 Å². The number of allylic oxidation sites excluding steroid dienone is 3. The highest BCUT2D eigenvalue weighted by atomic mass is 16.1. The molecule has 1 N–H and O–H groups in total. The van der Waals surface area contributed by atoms with Gasteiger partial charge in [0.25, 0.3) is 0 Å². The lowest BCUT2D eigenvalue weighted by atomic mass is 10.0. The summed E-state index contributed by atoms with van der Waals surface area (Å²) in [4.78, 5) is 11.9. The van der Waals surface area contributed by atoms with Crippen molar-refractivity contribution < 1.29 is 4.79 Å². The van der Waals surface area contributed by atoms with Gasteiger partial charge in [-0.25, -0.2) is 4.68 Å². The number of aromatic nitrogens is 2. The van der Waals surface area contributed by atoms with Gasteiger partial charge in [-0.2, -0.15) is 10.4 Å². The lowest BCUT2D eigenvalue weighted by molar-refractivity contribution is -0.117. The molecule has 2 rings (SSSR count). The molecule has 5 nitrogen and oxygen atoms in total. The fraction of sp³-hybridized carbons (Fsp3) is 0.353. The van der Waals surface area contributed by atoms with Crippen LogP contribution in [0.2, 0.25) is 0 Å². The van der Waals surface area contributed by atoms with Gasteiger partial charge in [-0.3, -0.25) is 4.79 Å². The van der Waals surface area contributed by atoms with Crippen LogP contribution in [0, 0.1) is 29.1 Å². The van der Waals surface area contributed by atoms with Gasteiger partial charge in [0.05, 0.1) is 12.7 Å². The van der Waals surface area contributed by atoms with Crippen LogP contribution in [0.25, 0.3) is 0 Å². The molecular formula is C17H18N4O. The predicted octanol–water partition coefficient (Wildman–Crippen LogP) is 2.63. The number of nitriles is 1. The van der Waals surface area contributed by atoms with E-state index < -0.39 is 0 Å². The summed E-state index contributed by atoms with van der Waals surface area (Å²) < 4.78 is 1.72. The summed E-state index contributed by atoms with van der Waals surface area (Å²) in [6, 6.07) is 2.12. The van der Waals surface area contributed by atoms with Crippen LogP contribution in [0.15, 0.2) is 30.6 Å². The van der Waals surface area contributed by atoms with Crippen LogP contribution in [0.5, 0.6) is 0 Å². The van der Waals surface area contributed by atoms with E-state index in [-0.39, 0.29) is 11.7 Å². The molecule has 1 unspecified atom stereocenters. The van der Waals surface area contributed by atoms with E-state index in [4.69, 9.17) is 0 Å². The van der Waals surface area contributed by atoms with Crippen LogP contribution in [0.4, 0.5) is 5.82 Å². The number of nitrogens with one attached hydrogen (secondary N) is 1. The first kappa shape index (κ1) is 15.6. The third kappa shape index (κ3) is 3.45. The Kier molecular flexibility index (Phi) is 5.16. The molecule has 1 aliphatic rings. The number of carbonyl (C=O) groups excluding carboxylic acids is 1. The Labute approximate surface area is 130 Å². The highest BCUT2D eigenvalue weighted by molar-refractivity contribution is 5.95. The molecule has 22 heavy (non-hydrogen) atoms. The molecule has 0 aromatic carbocycles. The molecule has 1 atom stereocenters. The largest absolute Gasteiger partial charge is 0.343 e. The summed E-state index contributed by atoms with van der Waals surface area (Å²) in [5.41, 5.74) is 1.28. The predicted molar refractivity (Wildman–Crippen MR) is 84.6 cm³/mol. The van der Waals surface area contributed by atoms with Gasteiger partial charge < -0.3 is 5.32 Å². The highest BCUT2D eigenvalue weighted by Gasteiger charge is 2.25. The smallest absolute Gasteiger partial charge is 0.161 e. The van der Waals surface area contributed by atoms with Crippen LogP contribution in [0.1, 0.15) is 31.7 Å². The molecule has 1 aliphatic carbocycles. The molecule has 1 aromatic rings. The van der Waals surface area contributed by atoms with Crippen LogP contribution in [0.3, 0.4) is 0 Å². The van der Waals surface area contributed by atoms with Gasteiger partial charge in [-0.1, -0.05) is 6.08 Å². The van der Waals surface area contributed by atoms with Crippen molar-refractivity contribution in [2.24, 2.45) is 5.92 Å². The third-order valence-corrected chi connectivity index (χ3v) is 3.50. The Bertz CT molecular complexity index is 709. The molecule has 0 saturated heterocycles. The number of ketones is 1. The Hall–Kier alpha value is -2.79. The SMILES string of the molecule is C=CCC1CC(Nc2c(C#N)cnn2CCC#CC)=CC1=O. The molecule has 0 saturated carbocycles. The minimum atomic E-state index is -0.0483. The van der Waals surface area contributed by atoms with Gasteiger partial charge in [-0.15, -0.1) is 18.4 Å². The van der Waals surface area contributed by atoms with Crippen LogP contribution in [-0.2, 0) is 11.3 Å². The maximum Gasteiger partial charge on any atom is 0.161 e. The molecule has 0 bridgehead atoms. The lowest BCUT2D eigenvalue weighted by Gasteiger charge is -2.11. The van der Waals surface area contributed by atoms with Crippen molar-refractivity contribution in [1.82, 2.24) is 9.78 Å². The van der Waals surface area contributed by atoms with Gasteiger partial charge >= 0.3 is 0 Å². The summed E-state index contributed by atoms with van der Waals surface area (Å²) >= 11 is 0. The molecular weight excluding hydrogens is 276 g/mol. The second-order valence-electron chi connectivity index (χ2n) is 5.04. The molecule has 0 spiro atoms. The molecule has 0 fully saturated rings. The summed E-state index contributed by atoms with van der Waals surface area (Å²) in [6.45, 7) is 6.07. The van der Waals surface area contributed by atoms with E-state index in [1.807, 2.05) is 0 Å². The molecule has 0 aliphatic heterocycles. The third-order valence-electron chi connectivity index (χ3n) is 3.50. The average molecular weight is 294 g/mol. The molecule has 5 heteroatoms. The highest BCUT2D eigenvalue weighted by Crippen LogP contribution is 2.27. The molecule has 112 valence electrons. The Morgan fingerprint density at radius 2 is 2.45 bits per heavy atom. The van der Waals surface area contributed by atoms with Gasteiger partial charge in [-0.05, 0) is 19.8 Å². The minimum absolute atomic E-state index is 0.0483. The summed E-state index contributed by atoms with van der Waals surface area (Å²) in [5.74, 6) is 6.49. The number of hydrogen-bond donors (Lipinski definition) is 1. The van der Waals surface area contributed by atoms with E-state index in [0.29, 0.717) is 37.2 Å². The molecule has 1 heterocycles. The first-order valence-electron chi connectivity index (χ1n) is 7.17. The van der Waals surface area contributed by atoms with Crippen molar-refractivity contribution in [1.29, 1.82) is 5.26 Å². The monoisotopic (exact) mass is 294 g/mol. The maximum atomic E-state index is 11.9. The van der Waals surface area contributed by atoms with E-state index in [2.05, 4.69) is 34.9 Å². The lowest BCUT2D eigenvalue weighted by Crippen LogP contribution is -2.09. The summed E-state index contributed by atoms with van der Waals surface area (Å²) in [6.07, 6.45) is 6.86. The number of anilines is 1. The fourth-order valence-corrected chi connectivity index (χ4v) is 2.41. The topological polar surface area (TPSA) is 70.7 Å². The van der Waals surface area contributed by atoms with Crippen molar-refractivity contribution in [2.45, 2.75) is 32.7 Å². The van der Waals surface area contributed by atoms with Crippen LogP contribution in [-0.4, -0.2) is 15.6 Å². The van der Waals surface area contributed by atoms with Gasteiger partial charge in [0, 0.05) is 24.1 Å². The standard InChI is InChI=1S/C17H18N4O/c1-3-5-6-8-21-17(14(11-18)12-19-21)20-15-9-13(7-4-2)16(22)10-15/h4,10,12-13,20H,2,6-9H2,1H3. The Morgan fingerprint density at radius 1 is 1.64 bits per heavy atom. The first-order chi connectivity index (χ1) is 10.7.